The Labute approximate surface area is 212 Å². The smallest absolute Gasteiger partial charge is 0.258 e. The number of carbonyl (C=O) groups excluding carboxylic acids is 2. The van der Waals surface area contributed by atoms with E-state index in [9.17, 15) is 9.59 Å². The molecule has 4 rings (SSSR count). The molecule has 0 spiro atoms. The Morgan fingerprint density at radius 1 is 0.943 bits per heavy atom. The highest BCUT2D eigenvalue weighted by atomic mass is 35.5. The molecule has 1 aliphatic heterocycles. The van der Waals surface area contributed by atoms with E-state index >= 15 is 0 Å². The molecule has 10 heteroatoms. The number of nitrogens with one attached hydrogen (secondary N) is 3. The lowest BCUT2D eigenvalue weighted by molar-refractivity contribution is 0.0680. The van der Waals surface area contributed by atoms with Crippen LogP contribution in [0.25, 0.3) is 0 Å². The minimum atomic E-state index is -0.477. The van der Waals surface area contributed by atoms with Crippen molar-refractivity contribution in [2.45, 2.75) is 6.92 Å². The second kappa shape index (κ2) is 10.9. The molecule has 1 saturated heterocycles. The number of halogens is 2. The largest absolute Gasteiger partial charge is 0.378 e. The van der Waals surface area contributed by atoms with Gasteiger partial charge in [-0.2, -0.15) is 0 Å². The first-order valence-electron chi connectivity index (χ1n) is 10.9. The van der Waals surface area contributed by atoms with Gasteiger partial charge in [0.1, 0.15) is 11.7 Å². The first-order chi connectivity index (χ1) is 16.8. The second-order valence-electron chi connectivity index (χ2n) is 7.94. The highest BCUT2D eigenvalue weighted by Crippen LogP contribution is 2.27. The van der Waals surface area contributed by atoms with E-state index in [1.165, 1.54) is 12.3 Å². The fourth-order valence-corrected chi connectivity index (χ4v) is 4.04. The SMILES string of the molecule is Cc1cc(Cl)cc(C(=O)Nc2ccc(Cl)cn2)c1NC(=O)c1ccc(C(=N)N2CCOCC2)cc1. The minimum absolute atomic E-state index is 0.200. The standard InChI is InChI=1S/C25H23Cl2N5O3/c1-15-12-19(27)13-20(25(34)30-21-7-6-18(26)14-29-21)22(15)31-24(33)17-4-2-16(3-5-17)23(28)32-8-10-35-11-9-32/h2-7,12-14,28H,8-11H2,1H3,(H,31,33)(H,29,30,34). The van der Waals surface area contributed by atoms with Gasteiger partial charge in [0.05, 0.1) is 29.5 Å². The highest BCUT2D eigenvalue weighted by Gasteiger charge is 2.19. The summed E-state index contributed by atoms with van der Waals surface area (Å²) in [4.78, 5) is 32.0. The summed E-state index contributed by atoms with van der Waals surface area (Å²) in [5.41, 5.74) is 2.28. The van der Waals surface area contributed by atoms with Crippen LogP contribution in [0.4, 0.5) is 11.5 Å². The molecule has 2 amide bonds. The zero-order valence-corrected chi connectivity index (χ0v) is 20.4. The summed E-state index contributed by atoms with van der Waals surface area (Å²) in [6, 6.07) is 13.1. The average molecular weight is 512 g/mol. The van der Waals surface area contributed by atoms with Crippen molar-refractivity contribution >= 4 is 52.4 Å². The van der Waals surface area contributed by atoms with Crippen LogP contribution in [0, 0.1) is 12.3 Å². The van der Waals surface area contributed by atoms with Crippen molar-refractivity contribution in [2.24, 2.45) is 0 Å². The van der Waals surface area contributed by atoms with Crippen LogP contribution in [-0.4, -0.2) is 53.8 Å². The van der Waals surface area contributed by atoms with Gasteiger partial charge in [0.15, 0.2) is 0 Å². The predicted octanol–water partition coefficient (Wildman–Crippen LogP) is 4.86. The van der Waals surface area contributed by atoms with Crippen molar-refractivity contribution in [3.63, 3.8) is 0 Å². The van der Waals surface area contributed by atoms with Crippen molar-refractivity contribution < 1.29 is 14.3 Å². The first kappa shape index (κ1) is 24.7. The summed E-state index contributed by atoms with van der Waals surface area (Å²) in [5, 5.41) is 14.7. The molecule has 1 fully saturated rings. The monoisotopic (exact) mass is 511 g/mol. The normalized spacial score (nSPS) is 13.3. The van der Waals surface area contributed by atoms with E-state index < -0.39 is 11.8 Å². The van der Waals surface area contributed by atoms with Crippen LogP contribution < -0.4 is 10.6 Å². The zero-order valence-electron chi connectivity index (χ0n) is 18.9. The topological polar surface area (TPSA) is 107 Å². The summed E-state index contributed by atoms with van der Waals surface area (Å²) in [7, 11) is 0. The molecule has 35 heavy (non-hydrogen) atoms. The van der Waals surface area contributed by atoms with Gasteiger partial charge in [0, 0.05) is 35.4 Å². The van der Waals surface area contributed by atoms with Crippen molar-refractivity contribution in [2.75, 3.05) is 36.9 Å². The number of aromatic nitrogens is 1. The molecule has 0 bridgehead atoms. The molecular formula is C25H23Cl2N5O3. The molecule has 0 radical (unpaired) electrons. The Bertz CT molecular complexity index is 1260. The number of hydrogen-bond acceptors (Lipinski definition) is 5. The van der Waals surface area contributed by atoms with E-state index in [0.29, 0.717) is 70.4 Å². The average Bonchev–Trinajstić information content (AvgIpc) is 2.87. The maximum atomic E-state index is 13.0. The maximum absolute atomic E-state index is 13.0. The van der Waals surface area contributed by atoms with Gasteiger partial charge >= 0.3 is 0 Å². The molecule has 0 unspecified atom stereocenters. The number of amidine groups is 1. The number of amides is 2. The van der Waals surface area contributed by atoms with Crippen LogP contribution in [0.3, 0.4) is 0 Å². The fourth-order valence-electron chi connectivity index (χ4n) is 3.66. The Morgan fingerprint density at radius 2 is 1.63 bits per heavy atom. The van der Waals surface area contributed by atoms with Gasteiger partial charge in [-0.15, -0.1) is 0 Å². The zero-order chi connectivity index (χ0) is 24.9. The van der Waals surface area contributed by atoms with E-state index in [1.54, 1.807) is 49.4 Å². The van der Waals surface area contributed by atoms with Crippen LogP contribution in [-0.2, 0) is 4.74 Å². The number of nitrogens with zero attached hydrogens (tertiary/aromatic N) is 2. The van der Waals surface area contributed by atoms with Crippen molar-refractivity contribution in [3.8, 4) is 0 Å². The van der Waals surface area contributed by atoms with Gasteiger partial charge in [-0.25, -0.2) is 4.98 Å². The van der Waals surface area contributed by atoms with Crippen LogP contribution in [0.1, 0.15) is 31.8 Å². The molecule has 0 atom stereocenters. The number of benzene rings is 2. The molecule has 1 aliphatic rings. The summed E-state index contributed by atoms with van der Waals surface area (Å²) < 4.78 is 5.34. The summed E-state index contributed by atoms with van der Waals surface area (Å²) in [6.45, 7) is 4.26. The highest BCUT2D eigenvalue weighted by molar-refractivity contribution is 6.31. The lowest BCUT2D eigenvalue weighted by Crippen LogP contribution is -2.40. The third-order valence-corrected chi connectivity index (χ3v) is 5.94. The summed E-state index contributed by atoms with van der Waals surface area (Å²) >= 11 is 12.1. The van der Waals surface area contributed by atoms with Crippen LogP contribution in [0.2, 0.25) is 10.0 Å². The fraction of sp³-hybridized carbons (Fsp3) is 0.200. The quantitative estimate of drug-likeness (QED) is 0.335. The van der Waals surface area contributed by atoms with Crippen LogP contribution in [0.5, 0.6) is 0 Å². The van der Waals surface area contributed by atoms with Crippen molar-refractivity contribution in [1.82, 2.24) is 9.88 Å². The molecule has 2 aromatic carbocycles. The Hall–Kier alpha value is -3.46. The minimum Gasteiger partial charge on any atom is -0.378 e. The van der Waals surface area contributed by atoms with Gasteiger partial charge < -0.3 is 20.3 Å². The Balaban J connectivity index is 1.52. The van der Waals surface area contributed by atoms with E-state index in [2.05, 4.69) is 15.6 Å². The van der Waals surface area contributed by atoms with Crippen LogP contribution in [0.15, 0.2) is 54.7 Å². The van der Waals surface area contributed by atoms with E-state index in [1.807, 2.05) is 4.90 Å². The lowest BCUT2D eigenvalue weighted by Gasteiger charge is -2.29. The lowest BCUT2D eigenvalue weighted by atomic mass is 10.1. The van der Waals surface area contributed by atoms with Crippen molar-refractivity contribution in [3.05, 3.63) is 87.0 Å². The molecular weight excluding hydrogens is 489 g/mol. The maximum Gasteiger partial charge on any atom is 0.258 e. The molecule has 1 aromatic heterocycles. The number of pyridine rings is 1. The number of morpholine rings is 1. The first-order valence-corrected chi connectivity index (χ1v) is 11.6. The third-order valence-electron chi connectivity index (χ3n) is 5.50. The molecule has 8 nitrogen and oxygen atoms in total. The number of hydrogen-bond donors (Lipinski definition) is 3. The molecule has 3 aromatic rings. The van der Waals surface area contributed by atoms with Crippen molar-refractivity contribution in [1.29, 1.82) is 5.41 Å². The summed E-state index contributed by atoms with van der Waals surface area (Å²) in [6.07, 6.45) is 1.42. The third kappa shape index (κ3) is 5.97. The second-order valence-corrected chi connectivity index (χ2v) is 8.81. The number of rotatable bonds is 5. The Kier molecular flexibility index (Phi) is 7.65. The molecule has 3 N–H and O–H groups in total. The summed E-state index contributed by atoms with van der Waals surface area (Å²) in [5.74, 6) is -0.162. The number of anilines is 2. The Morgan fingerprint density at radius 3 is 2.29 bits per heavy atom. The molecule has 2 heterocycles. The van der Waals surface area contributed by atoms with Crippen LogP contribution >= 0.6 is 23.2 Å². The number of aryl methyl sites for hydroxylation is 1. The number of ether oxygens (including phenoxy) is 1. The van der Waals surface area contributed by atoms with E-state index in [0.717, 1.165) is 0 Å². The molecule has 0 aliphatic carbocycles. The van der Waals surface area contributed by atoms with E-state index in [4.69, 9.17) is 33.3 Å². The molecule has 0 saturated carbocycles. The molecule has 180 valence electrons. The van der Waals surface area contributed by atoms with Gasteiger partial charge in [-0.05, 0) is 48.9 Å². The van der Waals surface area contributed by atoms with Gasteiger partial charge in [0.25, 0.3) is 11.8 Å². The number of carbonyl (C=O) groups is 2. The van der Waals surface area contributed by atoms with E-state index in [-0.39, 0.29) is 5.56 Å². The van der Waals surface area contributed by atoms with Gasteiger partial charge in [-0.3, -0.25) is 15.0 Å². The van der Waals surface area contributed by atoms with Gasteiger partial charge in [0.2, 0.25) is 0 Å². The van der Waals surface area contributed by atoms with Gasteiger partial charge in [-0.1, -0.05) is 35.3 Å². The predicted molar refractivity (Wildman–Crippen MR) is 137 cm³/mol.